The molecule has 17 heavy (non-hydrogen) atoms. The molecule has 0 amide bonds. The number of unbranched alkanes of at least 4 members (excludes halogenated alkanes) is 1. The van der Waals surface area contributed by atoms with Gasteiger partial charge in [-0.2, -0.15) is 0 Å². The van der Waals surface area contributed by atoms with Crippen LogP contribution in [0.15, 0.2) is 24.3 Å². The van der Waals surface area contributed by atoms with E-state index in [0.717, 1.165) is 13.0 Å². The summed E-state index contributed by atoms with van der Waals surface area (Å²) < 4.78 is 25.9. The molecule has 0 aliphatic rings. The van der Waals surface area contributed by atoms with Crippen LogP contribution < -0.4 is 10.0 Å². The van der Waals surface area contributed by atoms with Crippen molar-refractivity contribution in [2.24, 2.45) is 0 Å². The van der Waals surface area contributed by atoms with Crippen LogP contribution in [0.2, 0.25) is 5.02 Å². The number of para-hydroxylation sites is 1. The fourth-order valence-corrected chi connectivity index (χ4v) is 2.79. The lowest BCUT2D eigenvalue weighted by Crippen LogP contribution is -2.18. The molecule has 1 aromatic rings. The minimum atomic E-state index is -3.30. The first kappa shape index (κ1) is 14.3. The number of hydrogen-bond acceptors (Lipinski definition) is 3. The summed E-state index contributed by atoms with van der Waals surface area (Å²) in [7, 11) is -1.46. The van der Waals surface area contributed by atoms with Crippen molar-refractivity contribution in [1.82, 2.24) is 5.32 Å². The van der Waals surface area contributed by atoms with Gasteiger partial charge in [-0.05, 0) is 38.6 Å². The van der Waals surface area contributed by atoms with Crippen molar-refractivity contribution in [3.8, 4) is 0 Å². The Morgan fingerprint density at radius 1 is 1.24 bits per heavy atom. The van der Waals surface area contributed by atoms with E-state index in [-0.39, 0.29) is 5.75 Å². The number of benzene rings is 1. The standard InChI is InChI=1S/C11H17ClN2O2S/c1-13-8-4-5-9-17(15,16)14-11-7-3-2-6-10(11)12/h2-3,6-7,13-14H,4-5,8-9H2,1H3. The minimum absolute atomic E-state index is 0.111. The minimum Gasteiger partial charge on any atom is -0.320 e. The smallest absolute Gasteiger partial charge is 0.232 e. The summed E-state index contributed by atoms with van der Waals surface area (Å²) in [6, 6.07) is 6.80. The molecule has 0 aliphatic carbocycles. The number of sulfonamides is 1. The molecule has 0 unspecified atom stereocenters. The van der Waals surface area contributed by atoms with Crippen LogP contribution in [0.5, 0.6) is 0 Å². The van der Waals surface area contributed by atoms with Gasteiger partial charge in [0.25, 0.3) is 0 Å². The first-order valence-corrected chi connectivity index (χ1v) is 7.48. The Morgan fingerprint density at radius 3 is 2.59 bits per heavy atom. The predicted octanol–water partition coefficient (Wildman–Crippen LogP) is 2.08. The van der Waals surface area contributed by atoms with E-state index >= 15 is 0 Å². The number of halogens is 1. The van der Waals surface area contributed by atoms with Gasteiger partial charge in [0, 0.05) is 0 Å². The van der Waals surface area contributed by atoms with Gasteiger partial charge in [-0.15, -0.1) is 0 Å². The maximum atomic E-state index is 11.7. The van der Waals surface area contributed by atoms with E-state index in [2.05, 4.69) is 10.0 Å². The van der Waals surface area contributed by atoms with E-state index in [1.807, 2.05) is 7.05 Å². The first-order chi connectivity index (χ1) is 8.05. The number of nitrogens with one attached hydrogen (secondary N) is 2. The Bertz CT molecular complexity index is 449. The van der Waals surface area contributed by atoms with Gasteiger partial charge in [0.15, 0.2) is 0 Å². The zero-order valence-corrected chi connectivity index (χ0v) is 11.3. The Morgan fingerprint density at radius 2 is 1.94 bits per heavy atom. The number of rotatable bonds is 7. The van der Waals surface area contributed by atoms with Crippen LogP contribution in [0, 0.1) is 0 Å². The predicted molar refractivity (Wildman–Crippen MR) is 72.0 cm³/mol. The Hall–Kier alpha value is -0.780. The summed E-state index contributed by atoms with van der Waals surface area (Å²) >= 11 is 5.88. The summed E-state index contributed by atoms with van der Waals surface area (Å²) in [6.07, 6.45) is 1.46. The van der Waals surface area contributed by atoms with E-state index in [1.54, 1.807) is 24.3 Å². The van der Waals surface area contributed by atoms with Crippen molar-refractivity contribution in [2.75, 3.05) is 24.1 Å². The van der Waals surface area contributed by atoms with Crippen LogP contribution in [0.4, 0.5) is 5.69 Å². The maximum absolute atomic E-state index is 11.7. The molecule has 0 saturated carbocycles. The molecule has 0 atom stereocenters. The van der Waals surface area contributed by atoms with Crippen molar-refractivity contribution in [3.63, 3.8) is 0 Å². The van der Waals surface area contributed by atoms with Crippen LogP contribution in [0.1, 0.15) is 12.8 Å². The molecule has 1 rings (SSSR count). The highest BCUT2D eigenvalue weighted by molar-refractivity contribution is 7.92. The van der Waals surface area contributed by atoms with Crippen LogP contribution in [0.3, 0.4) is 0 Å². The van der Waals surface area contributed by atoms with Crippen molar-refractivity contribution < 1.29 is 8.42 Å². The number of anilines is 1. The van der Waals surface area contributed by atoms with Crippen molar-refractivity contribution in [3.05, 3.63) is 29.3 Å². The Labute approximate surface area is 107 Å². The molecule has 0 heterocycles. The molecule has 0 saturated heterocycles. The van der Waals surface area contributed by atoms with Gasteiger partial charge in [0.05, 0.1) is 16.5 Å². The van der Waals surface area contributed by atoms with Crippen LogP contribution in [0.25, 0.3) is 0 Å². The molecule has 2 N–H and O–H groups in total. The lowest BCUT2D eigenvalue weighted by Gasteiger charge is -2.09. The summed E-state index contributed by atoms with van der Waals surface area (Å²) in [5, 5.41) is 3.39. The average molecular weight is 277 g/mol. The topological polar surface area (TPSA) is 58.2 Å². The van der Waals surface area contributed by atoms with Crippen LogP contribution >= 0.6 is 11.6 Å². The normalized spacial score (nSPS) is 11.4. The highest BCUT2D eigenvalue weighted by atomic mass is 35.5. The number of hydrogen-bond donors (Lipinski definition) is 2. The first-order valence-electron chi connectivity index (χ1n) is 5.45. The zero-order valence-electron chi connectivity index (χ0n) is 9.74. The lowest BCUT2D eigenvalue weighted by atomic mass is 10.3. The average Bonchev–Trinajstić information content (AvgIpc) is 2.28. The van der Waals surface area contributed by atoms with Crippen molar-refractivity contribution in [1.29, 1.82) is 0 Å². The third-order valence-electron chi connectivity index (χ3n) is 2.23. The molecule has 96 valence electrons. The van der Waals surface area contributed by atoms with Gasteiger partial charge in [-0.1, -0.05) is 23.7 Å². The van der Waals surface area contributed by atoms with E-state index in [0.29, 0.717) is 17.1 Å². The Balaban J connectivity index is 2.52. The van der Waals surface area contributed by atoms with Gasteiger partial charge in [-0.3, -0.25) is 4.72 Å². The second-order valence-corrected chi connectivity index (χ2v) is 5.96. The molecule has 0 spiro atoms. The SMILES string of the molecule is CNCCCCS(=O)(=O)Nc1ccccc1Cl. The van der Waals surface area contributed by atoms with Gasteiger partial charge in [0.1, 0.15) is 0 Å². The molecule has 0 radical (unpaired) electrons. The van der Waals surface area contributed by atoms with Gasteiger partial charge >= 0.3 is 0 Å². The van der Waals surface area contributed by atoms with Crippen molar-refractivity contribution >= 4 is 27.3 Å². The van der Waals surface area contributed by atoms with E-state index in [9.17, 15) is 8.42 Å². The quantitative estimate of drug-likeness (QED) is 0.750. The van der Waals surface area contributed by atoms with Crippen LogP contribution in [-0.2, 0) is 10.0 Å². The molecule has 0 bridgehead atoms. The van der Waals surface area contributed by atoms with Gasteiger partial charge < -0.3 is 5.32 Å². The molecule has 6 heteroatoms. The highest BCUT2D eigenvalue weighted by Gasteiger charge is 2.11. The largest absolute Gasteiger partial charge is 0.320 e. The molecule has 0 fully saturated rings. The Kier molecular flexibility index (Phi) is 5.74. The third kappa shape index (κ3) is 5.39. The lowest BCUT2D eigenvalue weighted by molar-refractivity contribution is 0.595. The molecular formula is C11H17ClN2O2S. The second-order valence-electron chi connectivity index (χ2n) is 3.71. The van der Waals surface area contributed by atoms with Gasteiger partial charge in [-0.25, -0.2) is 8.42 Å². The van der Waals surface area contributed by atoms with Crippen molar-refractivity contribution in [2.45, 2.75) is 12.8 Å². The van der Waals surface area contributed by atoms with E-state index < -0.39 is 10.0 Å². The van der Waals surface area contributed by atoms with E-state index in [4.69, 9.17) is 11.6 Å². The third-order valence-corrected chi connectivity index (χ3v) is 3.92. The summed E-state index contributed by atoms with van der Waals surface area (Å²) in [6.45, 7) is 0.821. The molecule has 4 nitrogen and oxygen atoms in total. The molecule has 1 aromatic carbocycles. The van der Waals surface area contributed by atoms with Gasteiger partial charge in [0.2, 0.25) is 10.0 Å². The fourth-order valence-electron chi connectivity index (χ4n) is 1.36. The fraction of sp³-hybridized carbons (Fsp3) is 0.455. The highest BCUT2D eigenvalue weighted by Crippen LogP contribution is 2.21. The monoisotopic (exact) mass is 276 g/mol. The molecule has 0 aromatic heterocycles. The van der Waals surface area contributed by atoms with Crippen LogP contribution in [-0.4, -0.2) is 27.8 Å². The summed E-state index contributed by atoms with van der Waals surface area (Å²) in [4.78, 5) is 0. The maximum Gasteiger partial charge on any atom is 0.232 e. The summed E-state index contributed by atoms with van der Waals surface area (Å²) in [5.41, 5.74) is 0.433. The second kappa shape index (κ2) is 6.83. The summed E-state index contributed by atoms with van der Waals surface area (Å²) in [5.74, 6) is 0.111. The zero-order chi connectivity index (χ0) is 12.7. The molecule has 0 aliphatic heterocycles. The molecular weight excluding hydrogens is 260 g/mol. The van der Waals surface area contributed by atoms with E-state index in [1.165, 1.54) is 0 Å².